The van der Waals surface area contributed by atoms with E-state index in [4.69, 9.17) is 14.2 Å². The van der Waals surface area contributed by atoms with E-state index in [1.165, 1.54) is 12.1 Å². The molecule has 0 aliphatic carbocycles. The normalized spacial score (nSPS) is 11.8. The first-order valence-corrected chi connectivity index (χ1v) is 8.56. The Bertz CT molecular complexity index is 752. The molecule has 0 saturated carbocycles. The number of benzene rings is 2. The molecule has 0 spiro atoms. The average Bonchev–Trinajstić information content (AvgIpc) is 2.68. The lowest BCUT2D eigenvalue weighted by Gasteiger charge is -2.24. The second kappa shape index (κ2) is 9.78. The van der Waals surface area contributed by atoms with Crippen molar-refractivity contribution in [1.82, 2.24) is 4.90 Å². The van der Waals surface area contributed by atoms with Gasteiger partial charge in [-0.3, -0.25) is 9.69 Å². The SMILES string of the molecule is COc1ccc(NC(=O)C(C)N(C)CCOc2ccc(F)cc2)cc1OC. The van der Waals surface area contributed by atoms with Gasteiger partial charge in [0.15, 0.2) is 11.5 Å². The van der Waals surface area contributed by atoms with Crippen molar-refractivity contribution in [2.75, 3.05) is 39.7 Å². The molecule has 2 aromatic carbocycles. The molecule has 1 amide bonds. The summed E-state index contributed by atoms with van der Waals surface area (Å²) in [5.74, 6) is 1.28. The highest BCUT2D eigenvalue weighted by Gasteiger charge is 2.18. The van der Waals surface area contributed by atoms with E-state index in [0.29, 0.717) is 36.1 Å². The maximum absolute atomic E-state index is 12.9. The van der Waals surface area contributed by atoms with Gasteiger partial charge < -0.3 is 19.5 Å². The van der Waals surface area contributed by atoms with E-state index in [-0.39, 0.29) is 17.8 Å². The molecule has 1 unspecified atom stereocenters. The zero-order valence-corrected chi connectivity index (χ0v) is 16.0. The Kier molecular flexibility index (Phi) is 7.43. The van der Waals surface area contributed by atoms with Crippen molar-refractivity contribution in [3.05, 3.63) is 48.3 Å². The number of hydrogen-bond acceptors (Lipinski definition) is 5. The first-order chi connectivity index (χ1) is 12.9. The van der Waals surface area contributed by atoms with Crippen molar-refractivity contribution in [3.8, 4) is 17.2 Å². The largest absolute Gasteiger partial charge is 0.493 e. The molecule has 0 aromatic heterocycles. The van der Waals surface area contributed by atoms with Crippen LogP contribution in [0.25, 0.3) is 0 Å². The molecule has 0 saturated heterocycles. The van der Waals surface area contributed by atoms with Crippen LogP contribution in [0.5, 0.6) is 17.2 Å². The number of halogens is 1. The summed E-state index contributed by atoms with van der Waals surface area (Å²) in [6, 6.07) is 10.7. The van der Waals surface area contributed by atoms with Crippen LogP contribution in [0.3, 0.4) is 0 Å². The lowest BCUT2D eigenvalue weighted by molar-refractivity contribution is -0.120. The standard InChI is InChI=1S/C20H25FN2O4/c1-14(23(2)11-12-27-17-8-5-15(21)6-9-17)20(24)22-16-7-10-18(25-3)19(13-16)26-4/h5-10,13-14H,11-12H2,1-4H3,(H,22,24). The minimum Gasteiger partial charge on any atom is -0.493 e. The van der Waals surface area contributed by atoms with E-state index in [2.05, 4.69) is 5.32 Å². The lowest BCUT2D eigenvalue weighted by Crippen LogP contribution is -2.41. The third-order valence-electron chi connectivity index (χ3n) is 4.22. The highest BCUT2D eigenvalue weighted by atomic mass is 19.1. The van der Waals surface area contributed by atoms with Crippen molar-refractivity contribution >= 4 is 11.6 Å². The van der Waals surface area contributed by atoms with E-state index < -0.39 is 0 Å². The minimum absolute atomic E-state index is 0.147. The third-order valence-corrected chi connectivity index (χ3v) is 4.22. The second-order valence-corrected chi connectivity index (χ2v) is 6.02. The number of likely N-dealkylation sites (N-methyl/N-ethyl adjacent to an activating group) is 1. The Balaban J connectivity index is 1.85. The first-order valence-electron chi connectivity index (χ1n) is 8.56. The molecule has 7 heteroatoms. The van der Waals surface area contributed by atoms with E-state index in [0.717, 1.165) is 0 Å². The summed E-state index contributed by atoms with van der Waals surface area (Å²) < 4.78 is 28.9. The Morgan fingerprint density at radius 3 is 2.41 bits per heavy atom. The molecular formula is C20H25FN2O4. The molecule has 0 aliphatic heterocycles. The zero-order chi connectivity index (χ0) is 19.8. The quantitative estimate of drug-likeness (QED) is 0.728. The van der Waals surface area contributed by atoms with Gasteiger partial charge in [-0.05, 0) is 50.4 Å². The van der Waals surface area contributed by atoms with Crippen LogP contribution < -0.4 is 19.5 Å². The molecule has 0 aliphatic rings. The number of hydrogen-bond donors (Lipinski definition) is 1. The molecule has 0 fully saturated rings. The van der Waals surface area contributed by atoms with Crippen molar-refractivity contribution in [2.45, 2.75) is 13.0 Å². The minimum atomic E-state index is -0.366. The van der Waals surface area contributed by atoms with Gasteiger partial charge in [0.25, 0.3) is 0 Å². The summed E-state index contributed by atoms with van der Waals surface area (Å²) in [5.41, 5.74) is 0.625. The summed E-state index contributed by atoms with van der Waals surface area (Å²) in [5, 5.41) is 2.86. The van der Waals surface area contributed by atoms with Crippen molar-refractivity contribution in [1.29, 1.82) is 0 Å². The van der Waals surface area contributed by atoms with Gasteiger partial charge in [-0.2, -0.15) is 0 Å². The van der Waals surface area contributed by atoms with Gasteiger partial charge in [-0.1, -0.05) is 0 Å². The van der Waals surface area contributed by atoms with Gasteiger partial charge in [0.2, 0.25) is 5.91 Å². The summed E-state index contributed by atoms with van der Waals surface area (Å²) >= 11 is 0. The predicted octanol–water partition coefficient (Wildman–Crippen LogP) is 3.18. The number of amides is 1. The number of anilines is 1. The Hall–Kier alpha value is -2.80. The molecule has 146 valence electrons. The van der Waals surface area contributed by atoms with Crippen LogP contribution in [-0.4, -0.2) is 51.3 Å². The van der Waals surface area contributed by atoms with Crippen molar-refractivity contribution < 1.29 is 23.4 Å². The smallest absolute Gasteiger partial charge is 0.241 e. The second-order valence-electron chi connectivity index (χ2n) is 6.02. The Morgan fingerprint density at radius 1 is 1.11 bits per heavy atom. The molecule has 0 radical (unpaired) electrons. The van der Waals surface area contributed by atoms with E-state index in [9.17, 15) is 9.18 Å². The highest BCUT2D eigenvalue weighted by molar-refractivity contribution is 5.94. The maximum Gasteiger partial charge on any atom is 0.241 e. The van der Waals surface area contributed by atoms with E-state index in [1.807, 2.05) is 18.9 Å². The number of nitrogens with zero attached hydrogens (tertiary/aromatic N) is 1. The fourth-order valence-electron chi connectivity index (χ4n) is 2.39. The van der Waals surface area contributed by atoms with Crippen LogP contribution in [-0.2, 0) is 4.79 Å². The molecular weight excluding hydrogens is 351 g/mol. The maximum atomic E-state index is 12.9. The lowest BCUT2D eigenvalue weighted by atomic mass is 10.2. The van der Waals surface area contributed by atoms with Crippen LogP contribution in [0.15, 0.2) is 42.5 Å². The van der Waals surface area contributed by atoms with Gasteiger partial charge >= 0.3 is 0 Å². The number of methoxy groups -OCH3 is 2. The van der Waals surface area contributed by atoms with Gasteiger partial charge in [-0.15, -0.1) is 0 Å². The average molecular weight is 376 g/mol. The number of carbonyl (C=O) groups is 1. The summed E-state index contributed by atoms with van der Waals surface area (Å²) in [6.45, 7) is 2.74. The number of carbonyl (C=O) groups excluding carboxylic acids is 1. The molecule has 1 atom stereocenters. The van der Waals surface area contributed by atoms with E-state index >= 15 is 0 Å². The third kappa shape index (κ3) is 5.86. The predicted molar refractivity (Wildman–Crippen MR) is 102 cm³/mol. The highest BCUT2D eigenvalue weighted by Crippen LogP contribution is 2.29. The Morgan fingerprint density at radius 2 is 1.78 bits per heavy atom. The molecule has 6 nitrogen and oxygen atoms in total. The van der Waals surface area contributed by atoms with Crippen LogP contribution in [0, 0.1) is 5.82 Å². The van der Waals surface area contributed by atoms with Crippen LogP contribution >= 0.6 is 0 Å². The van der Waals surface area contributed by atoms with Crippen molar-refractivity contribution in [3.63, 3.8) is 0 Å². The fraction of sp³-hybridized carbons (Fsp3) is 0.350. The van der Waals surface area contributed by atoms with Crippen LogP contribution in [0.1, 0.15) is 6.92 Å². The molecule has 1 N–H and O–H groups in total. The number of nitrogens with one attached hydrogen (secondary N) is 1. The molecule has 2 aromatic rings. The van der Waals surface area contributed by atoms with Gasteiger partial charge in [-0.25, -0.2) is 4.39 Å². The van der Waals surface area contributed by atoms with Crippen LogP contribution in [0.4, 0.5) is 10.1 Å². The van der Waals surface area contributed by atoms with Crippen molar-refractivity contribution in [2.24, 2.45) is 0 Å². The zero-order valence-electron chi connectivity index (χ0n) is 16.0. The summed E-state index contributed by atoms with van der Waals surface area (Å²) in [6.07, 6.45) is 0. The monoisotopic (exact) mass is 376 g/mol. The summed E-state index contributed by atoms with van der Waals surface area (Å²) in [4.78, 5) is 14.3. The first kappa shape index (κ1) is 20.5. The van der Waals surface area contributed by atoms with Gasteiger partial charge in [0, 0.05) is 18.3 Å². The molecule has 0 heterocycles. The summed E-state index contributed by atoms with van der Waals surface area (Å²) in [7, 11) is 4.94. The molecule has 0 bridgehead atoms. The topological polar surface area (TPSA) is 60.0 Å². The van der Waals surface area contributed by atoms with E-state index in [1.54, 1.807) is 44.6 Å². The van der Waals surface area contributed by atoms with Gasteiger partial charge in [0.1, 0.15) is 18.2 Å². The van der Waals surface area contributed by atoms with Crippen LogP contribution in [0.2, 0.25) is 0 Å². The Labute approximate surface area is 158 Å². The molecule has 27 heavy (non-hydrogen) atoms. The van der Waals surface area contributed by atoms with Gasteiger partial charge in [0.05, 0.1) is 20.3 Å². The number of ether oxygens (including phenoxy) is 3. The fourth-order valence-corrected chi connectivity index (χ4v) is 2.39. The molecule has 2 rings (SSSR count). The number of rotatable bonds is 9.